The van der Waals surface area contributed by atoms with E-state index in [2.05, 4.69) is 187 Å². The van der Waals surface area contributed by atoms with Gasteiger partial charge in [-0.05, 0) is 402 Å². The zero-order valence-corrected chi connectivity index (χ0v) is 90.9. The standard InChI is InChI=1S/C138H210/c1-7-13-19-25-31-37-43-109-49-79-121(80-50-109)127-91-61-115(62-92-127)73-103-133-134(104-74-116-63-93-128(94-64-116)122-81-51-110(52-82-122)44-38-32-26-20-14-8-2)136(106-76-118-67-97-130(98-68-118)124-85-55-112(56-86-124)46-40-34-28-22-16-10-4)138(108-78-120-71-101-132(102-72-120)126-89-59-114(60-90-126)48-42-36-30-24-18-12-6)137(107-77-119-69-99-131(100-70-119)125-87-57-113(58-88-125)47-41-35-29-23-17-11-5)135(133)105-75-117-65-95-129(96-66-117)123-83-53-111(54-84-123)45-39-33-27-21-15-9-3/h61-72,91-102,109-114,121-126H,7-60,73-90,103-108H2,1-6H3/t109-,110-,111-,112-,113-,114-,121-,122-,123-,124-,125-,126-. The maximum absolute atomic E-state index is 2.63. The third-order valence-corrected chi connectivity index (χ3v) is 37.8. The summed E-state index contributed by atoms with van der Waals surface area (Å²) < 4.78 is 0. The van der Waals surface area contributed by atoms with E-state index in [9.17, 15) is 0 Å². The lowest BCUT2D eigenvalue weighted by Gasteiger charge is -2.30. The number of hydrogen-bond acceptors (Lipinski definition) is 0. The van der Waals surface area contributed by atoms with Crippen LogP contribution in [0, 0.1) is 35.5 Å². The molecule has 13 rings (SSSR count). The van der Waals surface area contributed by atoms with Crippen LogP contribution in [-0.4, -0.2) is 0 Å². The molecule has 6 saturated carbocycles. The van der Waals surface area contributed by atoms with E-state index in [-0.39, 0.29) is 0 Å². The minimum atomic E-state index is 0.706. The van der Waals surface area contributed by atoms with E-state index in [0.717, 1.165) is 113 Å². The molecule has 0 radical (unpaired) electrons. The lowest BCUT2D eigenvalue weighted by Crippen LogP contribution is -2.18. The fourth-order valence-corrected chi connectivity index (χ4v) is 28.2. The highest BCUT2D eigenvalue weighted by atomic mass is 14.4. The molecule has 7 aromatic carbocycles. The van der Waals surface area contributed by atoms with Gasteiger partial charge in [0, 0.05) is 0 Å². The normalized spacial score (nSPS) is 22.1. The van der Waals surface area contributed by atoms with Gasteiger partial charge in [0.2, 0.25) is 0 Å². The zero-order valence-electron chi connectivity index (χ0n) is 90.9. The van der Waals surface area contributed by atoms with E-state index < -0.39 is 0 Å². The van der Waals surface area contributed by atoms with Crippen LogP contribution < -0.4 is 0 Å². The quantitative estimate of drug-likeness (QED) is 0.0333. The van der Waals surface area contributed by atoms with Gasteiger partial charge in [-0.2, -0.15) is 0 Å². The molecule has 6 aliphatic carbocycles. The second-order valence-electron chi connectivity index (χ2n) is 48.0. The molecule has 762 valence electrons. The second kappa shape index (κ2) is 64.4. The van der Waals surface area contributed by atoms with Gasteiger partial charge < -0.3 is 0 Å². The highest BCUT2D eigenvalue weighted by Crippen LogP contribution is 2.47. The average molecular weight is 1870 g/mol. The highest BCUT2D eigenvalue weighted by molar-refractivity contribution is 5.55. The van der Waals surface area contributed by atoms with E-state index in [1.54, 1.807) is 100 Å². The van der Waals surface area contributed by atoms with E-state index in [4.69, 9.17) is 0 Å². The Morgan fingerprint density at radius 3 is 0.370 bits per heavy atom. The molecular weight excluding hydrogens is 1660 g/mol. The van der Waals surface area contributed by atoms with Gasteiger partial charge >= 0.3 is 0 Å². The maximum Gasteiger partial charge on any atom is -0.0162 e. The van der Waals surface area contributed by atoms with Crippen LogP contribution in [0.3, 0.4) is 0 Å². The summed E-state index contributed by atoms with van der Waals surface area (Å²) >= 11 is 0. The van der Waals surface area contributed by atoms with Crippen molar-refractivity contribution in [1.29, 1.82) is 0 Å². The summed E-state index contributed by atoms with van der Waals surface area (Å²) in [6.07, 6.45) is 106. The fourth-order valence-electron chi connectivity index (χ4n) is 28.2. The number of aryl methyl sites for hydroxylation is 6. The third-order valence-electron chi connectivity index (χ3n) is 37.8. The Morgan fingerprint density at radius 1 is 0.130 bits per heavy atom. The van der Waals surface area contributed by atoms with Gasteiger partial charge in [-0.25, -0.2) is 0 Å². The summed E-state index contributed by atoms with van der Waals surface area (Å²) in [6.45, 7) is 14.1. The van der Waals surface area contributed by atoms with E-state index in [0.29, 0.717) is 35.5 Å². The topological polar surface area (TPSA) is 0 Å². The Bertz CT molecular complexity index is 3510. The molecule has 0 heterocycles. The monoisotopic (exact) mass is 1870 g/mol. The summed E-state index contributed by atoms with van der Waals surface area (Å²) in [5.41, 5.74) is 29.4. The smallest absolute Gasteiger partial charge is 0.0162 e. The summed E-state index contributed by atoms with van der Waals surface area (Å²) in [4.78, 5) is 0. The molecule has 0 saturated heterocycles. The number of benzene rings is 7. The van der Waals surface area contributed by atoms with Crippen molar-refractivity contribution in [2.45, 2.75) is 578 Å². The average Bonchev–Trinajstić information content (AvgIpc) is 0.758. The largest absolute Gasteiger partial charge is 0.0654 e. The Hall–Kier alpha value is -5.46. The van der Waals surface area contributed by atoms with Gasteiger partial charge in [0.05, 0.1) is 0 Å². The predicted octanol–water partition coefficient (Wildman–Crippen LogP) is 42.5. The van der Waals surface area contributed by atoms with Crippen LogP contribution in [0.1, 0.15) is 601 Å². The SMILES string of the molecule is CCCCCCCC[C@H]1CC[C@H](c2ccc(CCc3c(CCc4ccc([C@H]5CC[C@H](CCCCCCCC)CC5)cc4)c(CCc4ccc([C@H]5CC[C@H](CCCCCCCC)CC5)cc4)c(CCc4ccc([C@H]5CC[C@H](CCCCCCCC)CC5)cc4)c(CCc4ccc([C@H]5CC[C@H](CCCCCCCC)CC5)cc4)c3CCc3ccc([C@H]4CC[C@H](CCCCCCCC)CC4)cc3)cc2)CC1. The number of rotatable bonds is 66. The number of unbranched alkanes of at least 4 members (excludes halogenated alkanes) is 30. The lowest BCUT2D eigenvalue weighted by molar-refractivity contribution is 0.302. The van der Waals surface area contributed by atoms with Crippen LogP contribution in [0.5, 0.6) is 0 Å². The minimum Gasteiger partial charge on any atom is -0.0654 e. The molecule has 0 unspecified atom stereocenters. The van der Waals surface area contributed by atoms with Crippen molar-refractivity contribution in [2.24, 2.45) is 35.5 Å². The Labute approximate surface area is 853 Å². The van der Waals surface area contributed by atoms with E-state index in [1.165, 1.54) is 424 Å². The van der Waals surface area contributed by atoms with E-state index >= 15 is 0 Å². The summed E-state index contributed by atoms with van der Waals surface area (Å²) in [7, 11) is 0. The molecular formula is C138H210. The summed E-state index contributed by atoms with van der Waals surface area (Å²) in [5, 5.41) is 0. The fraction of sp³-hybridized carbons (Fsp3) is 0.696. The molecule has 0 aromatic heterocycles. The molecule has 6 aliphatic rings. The molecule has 0 heteroatoms. The van der Waals surface area contributed by atoms with Crippen LogP contribution in [0.4, 0.5) is 0 Å². The van der Waals surface area contributed by atoms with Crippen LogP contribution in [0.2, 0.25) is 0 Å². The molecule has 0 bridgehead atoms. The van der Waals surface area contributed by atoms with Crippen molar-refractivity contribution >= 4 is 0 Å². The Kier molecular flexibility index (Phi) is 51.2. The van der Waals surface area contributed by atoms with Crippen molar-refractivity contribution < 1.29 is 0 Å². The van der Waals surface area contributed by atoms with Crippen LogP contribution in [0.25, 0.3) is 0 Å². The van der Waals surface area contributed by atoms with Gasteiger partial charge in [-0.3, -0.25) is 0 Å². The molecule has 7 aromatic rings. The predicted molar refractivity (Wildman–Crippen MR) is 606 cm³/mol. The molecule has 6 fully saturated rings. The second-order valence-corrected chi connectivity index (χ2v) is 48.0. The minimum absolute atomic E-state index is 0.706. The first kappa shape index (κ1) is 110. The molecule has 0 nitrogen and oxygen atoms in total. The third kappa shape index (κ3) is 37.9. The van der Waals surface area contributed by atoms with Gasteiger partial charge in [0.1, 0.15) is 0 Å². The van der Waals surface area contributed by atoms with Gasteiger partial charge in [-0.15, -0.1) is 0 Å². The molecule has 0 spiro atoms. The van der Waals surface area contributed by atoms with Gasteiger partial charge in [0.15, 0.2) is 0 Å². The van der Waals surface area contributed by atoms with Crippen LogP contribution in [0.15, 0.2) is 146 Å². The van der Waals surface area contributed by atoms with Crippen molar-refractivity contribution in [1.82, 2.24) is 0 Å². The maximum atomic E-state index is 2.63. The first-order valence-corrected chi connectivity index (χ1v) is 61.9. The van der Waals surface area contributed by atoms with Gasteiger partial charge in [0.25, 0.3) is 0 Å². The van der Waals surface area contributed by atoms with Crippen molar-refractivity contribution in [2.75, 3.05) is 0 Å². The summed E-state index contributed by atoms with van der Waals surface area (Å²) in [5.74, 6) is 9.84. The molecule has 0 amide bonds. The Morgan fingerprint density at radius 2 is 0.246 bits per heavy atom. The highest BCUT2D eigenvalue weighted by Gasteiger charge is 2.32. The van der Waals surface area contributed by atoms with E-state index in [1.807, 2.05) is 0 Å². The lowest BCUT2D eigenvalue weighted by atomic mass is 9.75. The first-order chi connectivity index (χ1) is 68.2. The van der Waals surface area contributed by atoms with Crippen LogP contribution in [-0.2, 0) is 77.0 Å². The molecule has 0 atom stereocenters. The van der Waals surface area contributed by atoms with Crippen molar-refractivity contribution in [3.05, 3.63) is 246 Å². The number of hydrogen-bond donors (Lipinski definition) is 0. The molecule has 0 aliphatic heterocycles. The molecule has 0 N–H and O–H groups in total. The van der Waals surface area contributed by atoms with Gasteiger partial charge in [-0.1, -0.05) is 457 Å². The first-order valence-electron chi connectivity index (χ1n) is 61.9. The molecule has 138 heavy (non-hydrogen) atoms. The Balaban J connectivity index is 0.859. The van der Waals surface area contributed by atoms with Crippen molar-refractivity contribution in [3.63, 3.8) is 0 Å². The van der Waals surface area contributed by atoms with Crippen LogP contribution >= 0.6 is 0 Å². The summed E-state index contributed by atoms with van der Waals surface area (Å²) in [6, 6.07) is 63.1. The van der Waals surface area contributed by atoms with Crippen molar-refractivity contribution in [3.8, 4) is 0 Å². The zero-order chi connectivity index (χ0) is 95.4.